The van der Waals surface area contributed by atoms with Crippen LogP contribution in [0.25, 0.3) is 0 Å². The number of nitrogens with zero attached hydrogens (tertiary/aromatic N) is 2. The van der Waals surface area contributed by atoms with E-state index in [4.69, 9.17) is 4.74 Å². The molecule has 0 saturated carbocycles. The van der Waals surface area contributed by atoms with Gasteiger partial charge in [0, 0.05) is 12.1 Å². The minimum Gasteiger partial charge on any atom is -0.480 e. The molecule has 150 valence electrons. The lowest BCUT2D eigenvalue weighted by Gasteiger charge is -2.31. The predicted molar refractivity (Wildman–Crippen MR) is 102 cm³/mol. The summed E-state index contributed by atoms with van der Waals surface area (Å²) in [5.74, 6) is -2.56. The van der Waals surface area contributed by atoms with Crippen LogP contribution in [0.4, 0.5) is 5.69 Å². The van der Waals surface area contributed by atoms with Gasteiger partial charge in [-0.1, -0.05) is 13.8 Å². The summed E-state index contributed by atoms with van der Waals surface area (Å²) in [5.41, 5.74) is -0.268. The number of rotatable bonds is 8. The second-order valence-corrected chi connectivity index (χ2v) is 8.05. The predicted octanol–water partition coefficient (Wildman–Crippen LogP) is 3.28. The van der Waals surface area contributed by atoms with Crippen LogP contribution in [-0.2, 0) is 19.1 Å². The van der Waals surface area contributed by atoms with Gasteiger partial charge in [0.2, 0.25) is 5.91 Å². The molecule has 1 aromatic heterocycles. The van der Waals surface area contributed by atoms with Crippen molar-refractivity contribution in [3.8, 4) is 0 Å². The fraction of sp³-hybridized carbons (Fsp3) is 0.600. The van der Waals surface area contributed by atoms with Crippen LogP contribution < -0.4 is 4.90 Å². The molecule has 27 heavy (non-hydrogen) atoms. The van der Waals surface area contributed by atoms with E-state index in [0.717, 1.165) is 0 Å². The topological polar surface area (TPSA) is 96.8 Å². The third-order valence-corrected chi connectivity index (χ3v) is 3.84. The highest BCUT2D eigenvalue weighted by Gasteiger charge is 2.34. The molecule has 0 aliphatic heterocycles. The Hall–Kier alpha value is -2.44. The Morgan fingerprint density at radius 3 is 2.30 bits per heavy atom. The van der Waals surface area contributed by atoms with Crippen LogP contribution in [0.5, 0.6) is 0 Å². The van der Waals surface area contributed by atoms with E-state index in [9.17, 15) is 19.5 Å². The standard InChI is InChI=1S/C20H30N2O5/c1-13(2)10-15(11-17(23)27-20(4,5)6)18(24)22(14(3)19(25)26)16-8-7-9-21-12-16/h7-9,12-15H,10-11H2,1-6H3,(H,25,26)/t14-,15?/m0/s1. The lowest BCUT2D eigenvalue weighted by molar-refractivity contribution is -0.157. The molecule has 0 radical (unpaired) electrons. The van der Waals surface area contributed by atoms with E-state index in [-0.39, 0.29) is 12.3 Å². The normalized spacial score (nSPS) is 13.7. The summed E-state index contributed by atoms with van der Waals surface area (Å²) >= 11 is 0. The first-order chi connectivity index (χ1) is 12.4. The highest BCUT2D eigenvalue weighted by atomic mass is 16.6. The van der Waals surface area contributed by atoms with Crippen molar-refractivity contribution < 1.29 is 24.2 Å². The third kappa shape index (κ3) is 7.37. The summed E-state index contributed by atoms with van der Waals surface area (Å²) < 4.78 is 5.35. The van der Waals surface area contributed by atoms with Crippen LogP contribution in [0.15, 0.2) is 24.5 Å². The van der Waals surface area contributed by atoms with E-state index in [1.165, 1.54) is 18.0 Å². The number of aromatic nitrogens is 1. The van der Waals surface area contributed by atoms with Crippen molar-refractivity contribution in [2.24, 2.45) is 11.8 Å². The molecular formula is C20H30N2O5. The molecule has 1 unspecified atom stereocenters. The first-order valence-corrected chi connectivity index (χ1v) is 9.10. The molecular weight excluding hydrogens is 348 g/mol. The summed E-state index contributed by atoms with van der Waals surface area (Å²) in [5, 5.41) is 9.46. The largest absolute Gasteiger partial charge is 0.480 e. The number of carbonyl (C=O) groups excluding carboxylic acids is 2. The van der Waals surface area contributed by atoms with Gasteiger partial charge in [-0.25, -0.2) is 4.79 Å². The maximum Gasteiger partial charge on any atom is 0.326 e. The number of amides is 1. The zero-order valence-corrected chi connectivity index (χ0v) is 16.9. The van der Waals surface area contributed by atoms with E-state index in [0.29, 0.717) is 12.1 Å². The van der Waals surface area contributed by atoms with Crippen molar-refractivity contribution in [3.05, 3.63) is 24.5 Å². The molecule has 0 aliphatic rings. The fourth-order valence-corrected chi connectivity index (χ4v) is 2.77. The highest BCUT2D eigenvalue weighted by molar-refractivity contribution is 6.01. The van der Waals surface area contributed by atoms with Gasteiger partial charge in [0.25, 0.3) is 0 Å². The summed E-state index contributed by atoms with van der Waals surface area (Å²) in [7, 11) is 0. The van der Waals surface area contributed by atoms with Crippen molar-refractivity contribution in [2.45, 2.75) is 66.0 Å². The SMILES string of the molecule is CC(C)CC(CC(=O)OC(C)(C)C)C(=O)N(c1cccnc1)[C@@H](C)C(=O)O. The van der Waals surface area contributed by atoms with Gasteiger partial charge in [-0.3, -0.25) is 19.5 Å². The van der Waals surface area contributed by atoms with E-state index in [1.807, 2.05) is 13.8 Å². The van der Waals surface area contributed by atoms with Crippen LogP contribution in [0.1, 0.15) is 54.4 Å². The lowest BCUT2D eigenvalue weighted by atomic mass is 9.92. The van der Waals surface area contributed by atoms with Crippen LogP contribution in [0.2, 0.25) is 0 Å². The van der Waals surface area contributed by atoms with E-state index >= 15 is 0 Å². The average Bonchev–Trinajstić information content (AvgIpc) is 2.53. The van der Waals surface area contributed by atoms with Crippen molar-refractivity contribution >= 4 is 23.5 Å². The molecule has 0 aliphatic carbocycles. The average molecular weight is 378 g/mol. The number of carboxylic acid groups (broad SMARTS) is 1. The Kier molecular flexibility index (Phi) is 7.94. The summed E-state index contributed by atoms with van der Waals surface area (Å²) in [6.07, 6.45) is 3.33. The number of hydrogen-bond donors (Lipinski definition) is 1. The Labute approximate surface area is 160 Å². The first-order valence-electron chi connectivity index (χ1n) is 9.10. The summed E-state index contributed by atoms with van der Waals surface area (Å²) in [6.45, 7) is 10.6. The van der Waals surface area contributed by atoms with Gasteiger partial charge in [0.05, 0.1) is 18.3 Å². The number of hydrogen-bond acceptors (Lipinski definition) is 5. The van der Waals surface area contributed by atoms with Crippen molar-refractivity contribution in [3.63, 3.8) is 0 Å². The monoisotopic (exact) mass is 378 g/mol. The van der Waals surface area contributed by atoms with E-state index < -0.39 is 35.4 Å². The Balaban J connectivity index is 3.17. The molecule has 0 spiro atoms. The zero-order valence-electron chi connectivity index (χ0n) is 16.9. The minimum atomic E-state index is -1.13. The maximum absolute atomic E-state index is 13.3. The number of ether oxygens (including phenoxy) is 1. The lowest BCUT2D eigenvalue weighted by Crippen LogP contribution is -2.47. The molecule has 2 atom stereocenters. The second-order valence-electron chi connectivity index (χ2n) is 8.05. The second kappa shape index (κ2) is 9.48. The highest BCUT2D eigenvalue weighted by Crippen LogP contribution is 2.25. The molecule has 0 aromatic carbocycles. The zero-order chi connectivity index (χ0) is 20.8. The molecule has 1 aromatic rings. The Bertz CT molecular complexity index is 652. The van der Waals surface area contributed by atoms with Gasteiger partial charge in [0.1, 0.15) is 11.6 Å². The Morgan fingerprint density at radius 1 is 1.22 bits per heavy atom. The van der Waals surface area contributed by atoms with Crippen LogP contribution in [-0.4, -0.2) is 39.6 Å². The van der Waals surface area contributed by atoms with Gasteiger partial charge in [-0.2, -0.15) is 0 Å². The molecule has 1 heterocycles. The molecule has 7 heteroatoms. The third-order valence-electron chi connectivity index (χ3n) is 3.84. The van der Waals surface area contributed by atoms with Crippen molar-refractivity contribution in [1.82, 2.24) is 4.98 Å². The molecule has 0 fully saturated rings. The van der Waals surface area contributed by atoms with E-state index in [2.05, 4.69) is 4.98 Å². The molecule has 1 rings (SSSR count). The summed E-state index contributed by atoms with van der Waals surface area (Å²) in [6, 6.07) is 2.18. The van der Waals surface area contributed by atoms with Gasteiger partial charge < -0.3 is 9.84 Å². The van der Waals surface area contributed by atoms with Crippen molar-refractivity contribution in [1.29, 1.82) is 0 Å². The number of carbonyl (C=O) groups is 3. The van der Waals surface area contributed by atoms with Crippen LogP contribution in [0.3, 0.4) is 0 Å². The van der Waals surface area contributed by atoms with Gasteiger partial charge >= 0.3 is 11.9 Å². The molecule has 1 N–H and O–H groups in total. The number of pyridine rings is 1. The van der Waals surface area contributed by atoms with Gasteiger partial charge in [-0.05, 0) is 52.2 Å². The minimum absolute atomic E-state index is 0.0998. The number of carboxylic acids is 1. The number of esters is 1. The fourth-order valence-electron chi connectivity index (χ4n) is 2.77. The molecule has 7 nitrogen and oxygen atoms in total. The number of aliphatic carboxylic acids is 1. The summed E-state index contributed by atoms with van der Waals surface area (Å²) in [4.78, 5) is 42.3. The first kappa shape index (κ1) is 22.6. The molecule has 1 amide bonds. The quantitative estimate of drug-likeness (QED) is 0.697. The molecule has 0 saturated heterocycles. The van der Waals surface area contributed by atoms with Gasteiger partial charge in [-0.15, -0.1) is 0 Å². The van der Waals surface area contributed by atoms with E-state index in [1.54, 1.807) is 39.1 Å². The molecule has 0 bridgehead atoms. The van der Waals surface area contributed by atoms with Crippen LogP contribution >= 0.6 is 0 Å². The van der Waals surface area contributed by atoms with Crippen molar-refractivity contribution in [2.75, 3.05) is 4.90 Å². The van der Waals surface area contributed by atoms with Gasteiger partial charge in [0.15, 0.2) is 0 Å². The smallest absolute Gasteiger partial charge is 0.326 e. The maximum atomic E-state index is 13.3. The number of anilines is 1. The van der Waals surface area contributed by atoms with Crippen LogP contribution in [0, 0.1) is 11.8 Å². The Morgan fingerprint density at radius 2 is 1.85 bits per heavy atom.